The van der Waals surface area contributed by atoms with E-state index >= 15 is 0 Å². The van der Waals surface area contributed by atoms with Crippen LogP contribution in [0.2, 0.25) is 0 Å². The van der Waals surface area contributed by atoms with Gasteiger partial charge in [0, 0.05) is 13.0 Å². The molecule has 3 atom stereocenters. The Kier molecular flexibility index (Phi) is 33.1. The maximum Gasteiger partial charge on any atom is 0.472 e. The van der Waals surface area contributed by atoms with Crippen LogP contribution in [0.3, 0.4) is 0 Å². The molecule has 0 aliphatic carbocycles. The topological polar surface area (TPSA) is 132 Å². The molecule has 0 aliphatic heterocycles. The predicted molar refractivity (Wildman–Crippen MR) is 191 cm³/mol. The summed E-state index contributed by atoms with van der Waals surface area (Å²) in [6.07, 6.45) is 35.1. The smallest absolute Gasteiger partial charge is 0.457 e. The summed E-state index contributed by atoms with van der Waals surface area (Å²) < 4.78 is 33.1. The number of carbonyl (C=O) groups is 1. The fraction of sp³-hybridized carbons (Fsp3) is 0.757. The van der Waals surface area contributed by atoms with E-state index in [1.54, 1.807) is 0 Å². The number of esters is 1. The molecule has 0 radical (unpaired) electrons. The molecule has 9 nitrogen and oxygen atoms in total. The first-order valence-corrected chi connectivity index (χ1v) is 19.6. The van der Waals surface area contributed by atoms with Crippen molar-refractivity contribution in [1.29, 1.82) is 0 Å². The quantitative estimate of drug-likeness (QED) is 0.0262. The molecule has 0 rings (SSSR count). The molecule has 3 N–H and O–H groups in total. The van der Waals surface area contributed by atoms with Crippen molar-refractivity contribution in [3.05, 3.63) is 48.6 Å². The van der Waals surface area contributed by atoms with Gasteiger partial charge in [-0.1, -0.05) is 127 Å². The lowest BCUT2D eigenvalue weighted by Gasteiger charge is -2.20. The summed E-state index contributed by atoms with van der Waals surface area (Å²) in [7, 11) is -4.51. The highest BCUT2D eigenvalue weighted by Crippen LogP contribution is 2.43. The van der Waals surface area contributed by atoms with E-state index in [-0.39, 0.29) is 19.6 Å². The highest BCUT2D eigenvalue weighted by atomic mass is 31.2. The van der Waals surface area contributed by atoms with Crippen LogP contribution in [0.5, 0.6) is 0 Å². The fourth-order valence-electron chi connectivity index (χ4n) is 4.52. The number of ether oxygens (including phenoxy) is 2. The number of aliphatic hydroxyl groups excluding tert-OH is 2. The molecule has 0 fully saturated rings. The number of hydrogen-bond acceptors (Lipinski definition) is 8. The van der Waals surface area contributed by atoms with Gasteiger partial charge in [0.25, 0.3) is 0 Å². The Hall–Kier alpha value is -1.58. The second-order valence-corrected chi connectivity index (χ2v) is 13.3. The number of phosphoric ester groups is 1. The third-order valence-corrected chi connectivity index (χ3v) is 8.23. The molecule has 3 unspecified atom stereocenters. The molecule has 0 amide bonds. The summed E-state index contributed by atoms with van der Waals surface area (Å²) >= 11 is 0. The van der Waals surface area contributed by atoms with Crippen LogP contribution in [0.25, 0.3) is 0 Å². The van der Waals surface area contributed by atoms with Crippen LogP contribution in [-0.2, 0) is 27.9 Å². The van der Waals surface area contributed by atoms with Crippen molar-refractivity contribution < 1.29 is 43.0 Å². The van der Waals surface area contributed by atoms with Gasteiger partial charge in [0.1, 0.15) is 12.2 Å². The van der Waals surface area contributed by atoms with Crippen LogP contribution in [0.4, 0.5) is 0 Å². The van der Waals surface area contributed by atoms with Gasteiger partial charge in [-0.3, -0.25) is 13.8 Å². The molecule has 0 aromatic heterocycles. The van der Waals surface area contributed by atoms with Gasteiger partial charge in [-0.15, -0.1) is 0 Å². The van der Waals surface area contributed by atoms with Crippen molar-refractivity contribution in [2.75, 3.05) is 33.0 Å². The molecule has 0 bridgehead atoms. The second kappa shape index (κ2) is 34.3. The standard InChI is InChI=1S/C37H67O9P/c1-3-5-7-9-11-13-14-15-16-17-18-19-20-21-22-24-26-28-30-43-33-36(34-45-47(41,42)44-32-35(39)31-38)46-37(40)29-27-25-23-12-10-8-6-4-2/h5,7,11,13,15-16,18-19,35-36,38-39H,3-4,6,8-10,12,14,17,20-34H2,1-2H3,(H,41,42)/b7-5-,13-11-,16-15-,19-18-. The molecule has 0 aromatic rings. The Morgan fingerprint density at radius 2 is 1.21 bits per heavy atom. The minimum absolute atomic E-state index is 0.0360. The summed E-state index contributed by atoms with van der Waals surface area (Å²) in [4.78, 5) is 22.3. The van der Waals surface area contributed by atoms with E-state index in [1.165, 1.54) is 32.1 Å². The third kappa shape index (κ3) is 34.1. The Balaban J connectivity index is 4.22. The molecule has 0 aromatic carbocycles. The minimum atomic E-state index is -4.51. The van der Waals surface area contributed by atoms with Gasteiger partial charge in [0.05, 0.1) is 26.4 Å². The number of phosphoric acid groups is 1. The largest absolute Gasteiger partial charge is 0.472 e. The van der Waals surface area contributed by atoms with Crippen molar-refractivity contribution in [1.82, 2.24) is 0 Å². The third-order valence-electron chi connectivity index (χ3n) is 7.28. The zero-order valence-electron chi connectivity index (χ0n) is 29.5. The van der Waals surface area contributed by atoms with Crippen molar-refractivity contribution in [3.8, 4) is 0 Å². The zero-order valence-corrected chi connectivity index (χ0v) is 30.4. The first kappa shape index (κ1) is 45.4. The molecule has 0 saturated heterocycles. The van der Waals surface area contributed by atoms with Crippen molar-refractivity contribution in [2.24, 2.45) is 0 Å². The average molecular weight is 687 g/mol. The van der Waals surface area contributed by atoms with Gasteiger partial charge in [-0.25, -0.2) is 4.57 Å². The molecule has 0 spiro atoms. The molecule has 0 aliphatic rings. The number of unbranched alkanes of at least 4 members (excludes halogenated alkanes) is 12. The maximum absolute atomic E-state index is 12.4. The van der Waals surface area contributed by atoms with Gasteiger partial charge >= 0.3 is 13.8 Å². The summed E-state index contributed by atoms with van der Waals surface area (Å²) in [5.74, 6) is -0.397. The van der Waals surface area contributed by atoms with E-state index in [2.05, 4.69) is 62.5 Å². The minimum Gasteiger partial charge on any atom is -0.457 e. The van der Waals surface area contributed by atoms with E-state index in [9.17, 15) is 19.4 Å². The molecule has 0 saturated carbocycles. The predicted octanol–water partition coefficient (Wildman–Crippen LogP) is 9.08. The van der Waals surface area contributed by atoms with E-state index < -0.39 is 39.2 Å². The molecule has 0 heterocycles. The fourth-order valence-corrected chi connectivity index (χ4v) is 5.31. The monoisotopic (exact) mass is 686 g/mol. The SMILES string of the molecule is CC/C=C\C/C=C\C/C=C\C/C=C\CCCCCCCOCC(COP(=O)(O)OCC(O)CO)OC(=O)CCCCCCCCCC. The summed E-state index contributed by atoms with van der Waals surface area (Å²) in [6.45, 7) is 3.30. The molecule has 10 heteroatoms. The number of hydrogen-bond donors (Lipinski definition) is 3. The Labute approximate surface area is 286 Å². The highest BCUT2D eigenvalue weighted by molar-refractivity contribution is 7.47. The van der Waals surface area contributed by atoms with Crippen molar-refractivity contribution in [2.45, 2.75) is 148 Å². The first-order valence-electron chi connectivity index (χ1n) is 18.1. The molecule has 274 valence electrons. The molecule has 47 heavy (non-hydrogen) atoms. The van der Waals surface area contributed by atoms with Crippen LogP contribution >= 0.6 is 7.82 Å². The van der Waals surface area contributed by atoms with E-state index in [0.717, 1.165) is 83.5 Å². The Morgan fingerprint density at radius 1 is 0.681 bits per heavy atom. The maximum atomic E-state index is 12.4. The van der Waals surface area contributed by atoms with Crippen LogP contribution in [0.1, 0.15) is 136 Å². The first-order chi connectivity index (χ1) is 22.8. The van der Waals surface area contributed by atoms with Crippen molar-refractivity contribution in [3.63, 3.8) is 0 Å². The van der Waals surface area contributed by atoms with Crippen LogP contribution in [-0.4, -0.2) is 66.3 Å². The zero-order chi connectivity index (χ0) is 34.7. The van der Waals surface area contributed by atoms with Crippen LogP contribution in [0, 0.1) is 0 Å². The second-order valence-electron chi connectivity index (χ2n) is 11.9. The average Bonchev–Trinajstić information content (AvgIpc) is 3.06. The highest BCUT2D eigenvalue weighted by Gasteiger charge is 2.26. The number of rotatable bonds is 34. The lowest BCUT2D eigenvalue weighted by molar-refractivity contribution is -0.154. The molecular formula is C37H67O9P. The number of allylic oxidation sites excluding steroid dienone is 8. The summed E-state index contributed by atoms with van der Waals surface area (Å²) in [5, 5.41) is 18.2. The summed E-state index contributed by atoms with van der Waals surface area (Å²) in [6, 6.07) is 0. The van der Waals surface area contributed by atoms with Gasteiger partial charge in [0.15, 0.2) is 0 Å². The normalized spacial score (nSPS) is 14.9. The van der Waals surface area contributed by atoms with Crippen LogP contribution < -0.4 is 0 Å². The van der Waals surface area contributed by atoms with Gasteiger partial charge < -0.3 is 24.6 Å². The van der Waals surface area contributed by atoms with Gasteiger partial charge in [0.2, 0.25) is 0 Å². The number of aliphatic hydroxyl groups is 2. The summed E-state index contributed by atoms with van der Waals surface area (Å²) in [5.41, 5.74) is 0. The van der Waals surface area contributed by atoms with Gasteiger partial charge in [-0.2, -0.15) is 0 Å². The lowest BCUT2D eigenvalue weighted by Crippen LogP contribution is -2.29. The molecular weight excluding hydrogens is 619 g/mol. The number of carbonyl (C=O) groups excluding carboxylic acids is 1. The van der Waals surface area contributed by atoms with E-state index in [0.29, 0.717) is 6.61 Å². The lowest BCUT2D eigenvalue weighted by atomic mass is 10.1. The van der Waals surface area contributed by atoms with Gasteiger partial charge in [-0.05, 0) is 51.4 Å². The van der Waals surface area contributed by atoms with E-state index in [1.807, 2.05) is 0 Å². The Morgan fingerprint density at radius 3 is 1.83 bits per heavy atom. The van der Waals surface area contributed by atoms with Crippen molar-refractivity contribution >= 4 is 13.8 Å². The van der Waals surface area contributed by atoms with Crippen LogP contribution in [0.15, 0.2) is 48.6 Å². The van der Waals surface area contributed by atoms with E-state index in [4.69, 9.17) is 23.6 Å². The Bertz CT molecular complexity index is 872.